The molecule has 0 bridgehead atoms. The predicted octanol–water partition coefficient (Wildman–Crippen LogP) is 3.78. The first-order valence-corrected chi connectivity index (χ1v) is 15.8. The van der Waals surface area contributed by atoms with Gasteiger partial charge in [0.25, 0.3) is 0 Å². The van der Waals surface area contributed by atoms with Crippen LogP contribution in [0.2, 0.25) is 0 Å². The van der Waals surface area contributed by atoms with Crippen LogP contribution in [0.1, 0.15) is 142 Å². The van der Waals surface area contributed by atoms with Gasteiger partial charge in [0.05, 0.1) is 0 Å². The Kier molecular flexibility index (Phi) is 26.0. The molecule has 0 fully saturated rings. The second kappa shape index (κ2) is 26.5. The lowest BCUT2D eigenvalue weighted by atomic mass is 10.1. The summed E-state index contributed by atoms with van der Waals surface area (Å²) in [6.07, 6.45) is 37.0. The van der Waals surface area contributed by atoms with Crippen LogP contribution in [-0.4, -0.2) is 0 Å². The van der Waals surface area contributed by atoms with E-state index >= 15 is 0 Å². The van der Waals surface area contributed by atoms with Crippen molar-refractivity contribution in [3.8, 4) is 11.1 Å². The Morgan fingerprint density at radius 2 is 0.816 bits per heavy atom. The van der Waals surface area contributed by atoms with Gasteiger partial charge in [0.1, 0.15) is 13.1 Å². The summed E-state index contributed by atoms with van der Waals surface area (Å²) in [7, 11) is 0. The predicted molar refractivity (Wildman–Crippen MR) is 156 cm³/mol. The molecule has 4 heteroatoms. The quantitative estimate of drug-likeness (QED) is 0.127. The SMILES string of the molecule is CCCCCCCCCCCC[n+]1ccc(-c2ccc[n+](CCCCCCCCCCCC)c2)cc1.[Br-].[Br-]. The van der Waals surface area contributed by atoms with Crippen molar-refractivity contribution in [3.63, 3.8) is 0 Å². The van der Waals surface area contributed by atoms with Gasteiger partial charge in [-0.1, -0.05) is 117 Å². The number of rotatable bonds is 23. The highest BCUT2D eigenvalue weighted by Crippen LogP contribution is 2.16. The summed E-state index contributed by atoms with van der Waals surface area (Å²) < 4.78 is 4.74. The molecular weight excluding hydrogens is 596 g/mol. The minimum atomic E-state index is 0. The molecule has 0 radical (unpaired) electrons. The molecule has 218 valence electrons. The standard InChI is InChI=1S/C34H58N2.2BrH/c1-3-5-7-9-11-13-15-17-19-21-27-35-30-25-33(26-31-35)34-24-23-29-36(32-34)28-22-20-18-16-14-12-10-8-6-4-2;;/h23-26,29-32H,3-22,27-28H2,1-2H3;2*1H/q+2;;/p-2. The smallest absolute Gasteiger partial charge is 0.176 e. The summed E-state index contributed by atoms with van der Waals surface area (Å²) in [5, 5.41) is 0. The number of unbranched alkanes of at least 4 members (excludes halogenated alkanes) is 18. The molecule has 2 rings (SSSR count). The summed E-state index contributed by atoms with van der Waals surface area (Å²) in [5.41, 5.74) is 2.66. The van der Waals surface area contributed by atoms with Crippen LogP contribution in [0.4, 0.5) is 0 Å². The average molecular weight is 655 g/mol. The zero-order valence-electron chi connectivity index (χ0n) is 24.8. The summed E-state index contributed by atoms with van der Waals surface area (Å²) in [6.45, 7) is 6.87. The van der Waals surface area contributed by atoms with Gasteiger partial charge in [-0.3, -0.25) is 0 Å². The van der Waals surface area contributed by atoms with E-state index in [4.69, 9.17) is 0 Å². The molecule has 0 saturated carbocycles. The van der Waals surface area contributed by atoms with Gasteiger partial charge in [-0.15, -0.1) is 0 Å². The largest absolute Gasteiger partial charge is 1.00 e. The molecule has 2 aromatic heterocycles. The maximum absolute atomic E-state index is 2.38. The zero-order valence-corrected chi connectivity index (χ0v) is 28.0. The number of nitrogens with zero attached hydrogens (tertiary/aromatic N) is 2. The number of halogens is 2. The third kappa shape index (κ3) is 18.5. The van der Waals surface area contributed by atoms with E-state index in [1.807, 2.05) is 0 Å². The van der Waals surface area contributed by atoms with Crippen LogP contribution in [0.3, 0.4) is 0 Å². The molecule has 0 saturated heterocycles. The molecule has 0 spiro atoms. The topological polar surface area (TPSA) is 7.76 Å². The van der Waals surface area contributed by atoms with Gasteiger partial charge in [-0.2, -0.15) is 0 Å². The second-order valence-corrected chi connectivity index (χ2v) is 11.0. The third-order valence-corrected chi connectivity index (χ3v) is 7.62. The summed E-state index contributed by atoms with van der Waals surface area (Å²) in [6, 6.07) is 9.03. The van der Waals surface area contributed by atoms with Crippen molar-refractivity contribution in [2.75, 3.05) is 0 Å². The van der Waals surface area contributed by atoms with E-state index in [1.165, 1.54) is 140 Å². The molecule has 2 aromatic rings. The minimum absolute atomic E-state index is 0. The van der Waals surface area contributed by atoms with E-state index in [9.17, 15) is 0 Å². The van der Waals surface area contributed by atoms with E-state index in [2.05, 4.69) is 72.0 Å². The summed E-state index contributed by atoms with van der Waals surface area (Å²) in [4.78, 5) is 0. The van der Waals surface area contributed by atoms with Crippen molar-refractivity contribution < 1.29 is 43.1 Å². The van der Waals surface area contributed by atoms with Gasteiger partial charge in [0, 0.05) is 36.6 Å². The molecular formula is C34H58Br2N2. The minimum Gasteiger partial charge on any atom is -1.00 e. The Morgan fingerprint density at radius 3 is 1.26 bits per heavy atom. The van der Waals surface area contributed by atoms with E-state index in [0.29, 0.717) is 0 Å². The molecule has 2 heterocycles. The monoisotopic (exact) mass is 652 g/mol. The van der Waals surface area contributed by atoms with Gasteiger partial charge < -0.3 is 34.0 Å². The molecule has 38 heavy (non-hydrogen) atoms. The Labute approximate surface area is 257 Å². The lowest BCUT2D eigenvalue weighted by Crippen LogP contribution is -3.00. The molecule has 0 aliphatic carbocycles. The zero-order chi connectivity index (χ0) is 25.5. The Bertz CT molecular complexity index is 763. The van der Waals surface area contributed by atoms with Gasteiger partial charge >= 0.3 is 0 Å². The molecule has 0 aliphatic heterocycles. The maximum Gasteiger partial charge on any atom is 0.176 e. The fourth-order valence-electron chi connectivity index (χ4n) is 5.19. The normalized spacial score (nSPS) is 10.7. The summed E-state index contributed by atoms with van der Waals surface area (Å²) >= 11 is 0. The van der Waals surface area contributed by atoms with Crippen molar-refractivity contribution >= 4 is 0 Å². The van der Waals surface area contributed by atoms with Crippen molar-refractivity contribution in [3.05, 3.63) is 49.1 Å². The number of hydrogen-bond acceptors (Lipinski definition) is 0. The number of aryl methyl sites for hydroxylation is 2. The Morgan fingerprint density at radius 1 is 0.421 bits per heavy atom. The second-order valence-electron chi connectivity index (χ2n) is 11.0. The molecule has 2 nitrogen and oxygen atoms in total. The van der Waals surface area contributed by atoms with E-state index < -0.39 is 0 Å². The number of pyridine rings is 2. The molecule has 0 atom stereocenters. The van der Waals surface area contributed by atoms with E-state index in [1.54, 1.807) is 0 Å². The molecule has 0 unspecified atom stereocenters. The Hall–Kier alpha value is -0.740. The molecule has 0 amide bonds. The summed E-state index contributed by atoms with van der Waals surface area (Å²) in [5.74, 6) is 0. The number of hydrogen-bond donors (Lipinski definition) is 0. The van der Waals surface area contributed by atoms with Crippen LogP contribution in [0, 0.1) is 0 Å². The van der Waals surface area contributed by atoms with Crippen LogP contribution < -0.4 is 43.1 Å². The number of aromatic nitrogens is 2. The van der Waals surface area contributed by atoms with Gasteiger partial charge in [-0.25, -0.2) is 9.13 Å². The Balaban J connectivity index is 0.00000684. The van der Waals surface area contributed by atoms with Crippen LogP contribution in [0.5, 0.6) is 0 Å². The average Bonchev–Trinajstić information content (AvgIpc) is 2.91. The van der Waals surface area contributed by atoms with Gasteiger partial charge in [0.2, 0.25) is 0 Å². The van der Waals surface area contributed by atoms with E-state index in [-0.39, 0.29) is 34.0 Å². The van der Waals surface area contributed by atoms with Crippen LogP contribution in [0.15, 0.2) is 49.1 Å². The fourth-order valence-corrected chi connectivity index (χ4v) is 5.19. The third-order valence-electron chi connectivity index (χ3n) is 7.62. The molecule has 0 aliphatic rings. The van der Waals surface area contributed by atoms with Crippen LogP contribution >= 0.6 is 0 Å². The van der Waals surface area contributed by atoms with Gasteiger partial charge in [-0.05, 0) is 24.5 Å². The lowest BCUT2D eigenvalue weighted by molar-refractivity contribution is -0.697. The maximum atomic E-state index is 2.38. The highest BCUT2D eigenvalue weighted by molar-refractivity contribution is 5.60. The lowest BCUT2D eigenvalue weighted by Gasteiger charge is -2.03. The highest BCUT2D eigenvalue weighted by Gasteiger charge is 2.08. The van der Waals surface area contributed by atoms with Crippen molar-refractivity contribution in [1.82, 2.24) is 0 Å². The van der Waals surface area contributed by atoms with E-state index in [0.717, 1.165) is 13.1 Å². The first kappa shape index (κ1) is 37.3. The highest BCUT2D eigenvalue weighted by atomic mass is 79.9. The first-order valence-electron chi connectivity index (χ1n) is 15.8. The first-order chi connectivity index (χ1) is 17.8. The van der Waals surface area contributed by atoms with Crippen LogP contribution in [-0.2, 0) is 13.1 Å². The van der Waals surface area contributed by atoms with Crippen molar-refractivity contribution in [2.45, 2.75) is 155 Å². The fraction of sp³-hybridized carbons (Fsp3) is 0.706. The van der Waals surface area contributed by atoms with Crippen molar-refractivity contribution in [1.29, 1.82) is 0 Å². The van der Waals surface area contributed by atoms with Gasteiger partial charge in [0.15, 0.2) is 24.8 Å². The van der Waals surface area contributed by atoms with Crippen molar-refractivity contribution in [2.24, 2.45) is 0 Å². The molecule has 0 N–H and O–H groups in total. The van der Waals surface area contributed by atoms with Crippen LogP contribution in [0.25, 0.3) is 11.1 Å². The molecule has 0 aromatic carbocycles.